The first-order valence-corrected chi connectivity index (χ1v) is 5.65. The van der Waals surface area contributed by atoms with Crippen LogP contribution in [0.3, 0.4) is 0 Å². The summed E-state index contributed by atoms with van der Waals surface area (Å²) < 4.78 is 12.8. The van der Waals surface area contributed by atoms with Crippen molar-refractivity contribution in [3.05, 3.63) is 53.7 Å². The van der Waals surface area contributed by atoms with Crippen LogP contribution in [0.4, 0.5) is 10.2 Å². The monoisotopic (exact) mass is 246 g/mol. The Hall–Kier alpha value is -2.01. The van der Waals surface area contributed by atoms with E-state index < -0.39 is 0 Å². The zero-order valence-corrected chi connectivity index (χ0v) is 10.2. The minimum atomic E-state index is -0.228. The van der Waals surface area contributed by atoms with Gasteiger partial charge in [0.05, 0.1) is 18.1 Å². The molecule has 0 unspecified atom stereocenters. The molecule has 0 aliphatic heterocycles. The van der Waals surface area contributed by atoms with E-state index in [1.165, 1.54) is 12.1 Å². The standard InChI is InChI=1S/C13H15FN4/c1-18(9-10-2-4-11(14)5-3-10)13-8-16-12(6-15)7-17-13/h2-5,7-8H,6,9,15H2,1H3. The Balaban J connectivity index is 2.06. The predicted octanol–water partition coefficient (Wildman–Crippen LogP) is 1.71. The first-order valence-electron chi connectivity index (χ1n) is 5.65. The topological polar surface area (TPSA) is 55.0 Å². The number of rotatable bonds is 4. The van der Waals surface area contributed by atoms with Crippen molar-refractivity contribution in [2.45, 2.75) is 13.1 Å². The molecule has 0 radical (unpaired) electrons. The molecule has 0 aliphatic carbocycles. The van der Waals surface area contributed by atoms with Crippen LogP contribution < -0.4 is 10.6 Å². The lowest BCUT2D eigenvalue weighted by atomic mass is 10.2. The summed E-state index contributed by atoms with van der Waals surface area (Å²) in [6.07, 6.45) is 3.35. The van der Waals surface area contributed by atoms with E-state index in [1.807, 2.05) is 11.9 Å². The second-order valence-corrected chi connectivity index (χ2v) is 4.05. The third kappa shape index (κ3) is 3.01. The maximum absolute atomic E-state index is 12.8. The number of halogens is 1. The molecule has 0 saturated heterocycles. The van der Waals surface area contributed by atoms with Crippen LogP contribution in [0.2, 0.25) is 0 Å². The zero-order valence-electron chi connectivity index (χ0n) is 10.2. The van der Waals surface area contributed by atoms with Gasteiger partial charge in [0.15, 0.2) is 0 Å². The van der Waals surface area contributed by atoms with E-state index in [2.05, 4.69) is 9.97 Å². The van der Waals surface area contributed by atoms with Gasteiger partial charge in [0, 0.05) is 20.1 Å². The zero-order chi connectivity index (χ0) is 13.0. The molecule has 0 saturated carbocycles. The van der Waals surface area contributed by atoms with E-state index in [0.29, 0.717) is 13.1 Å². The molecule has 0 atom stereocenters. The predicted molar refractivity (Wildman–Crippen MR) is 68.4 cm³/mol. The van der Waals surface area contributed by atoms with Crippen molar-refractivity contribution < 1.29 is 4.39 Å². The number of benzene rings is 1. The number of hydrogen-bond acceptors (Lipinski definition) is 4. The smallest absolute Gasteiger partial charge is 0.147 e. The molecule has 4 nitrogen and oxygen atoms in total. The molecule has 18 heavy (non-hydrogen) atoms. The van der Waals surface area contributed by atoms with Gasteiger partial charge >= 0.3 is 0 Å². The number of hydrogen-bond donors (Lipinski definition) is 1. The summed E-state index contributed by atoms with van der Waals surface area (Å²) in [4.78, 5) is 10.4. The van der Waals surface area contributed by atoms with Gasteiger partial charge in [0.25, 0.3) is 0 Å². The highest BCUT2D eigenvalue weighted by Gasteiger charge is 2.04. The van der Waals surface area contributed by atoms with Crippen molar-refractivity contribution in [1.82, 2.24) is 9.97 Å². The third-order valence-electron chi connectivity index (χ3n) is 2.62. The third-order valence-corrected chi connectivity index (χ3v) is 2.62. The Morgan fingerprint density at radius 3 is 2.44 bits per heavy atom. The molecule has 0 amide bonds. The molecular formula is C13H15FN4. The summed E-state index contributed by atoms with van der Waals surface area (Å²) in [6, 6.07) is 6.42. The minimum Gasteiger partial charge on any atom is -0.354 e. The fourth-order valence-corrected chi connectivity index (χ4v) is 1.60. The highest BCUT2D eigenvalue weighted by molar-refractivity contribution is 5.36. The number of anilines is 1. The minimum absolute atomic E-state index is 0.228. The molecule has 2 aromatic rings. The molecule has 1 aromatic heterocycles. The van der Waals surface area contributed by atoms with Crippen molar-refractivity contribution in [1.29, 1.82) is 0 Å². The highest BCUT2D eigenvalue weighted by Crippen LogP contribution is 2.12. The average molecular weight is 246 g/mol. The van der Waals surface area contributed by atoms with E-state index in [1.54, 1.807) is 24.5 Å². The molecule has 1 heterocycles. The maximum Gasteiger partial charge on any atom is 0.147 e. The fraction of sp³-hybridized carbons (Fsp3) is 0.231. The highest BCUT2D eigenvalue weighted by atomic mass is 19.1. The van der Waals surface area contributed by atoms with Crippen LogP contribution in [0.15, 0.2) is 36.7 Å². The van der Waals surface area contributed by atoms with E-state index in [9.17, 15) is 4.39 Å². The Kier molecular flexibility index (Phi) is 3.84. The van der Waals surface area contributed by atoms with Gasteiger partial charge in [-0.3, -0.25) is 4.98 Å². The summed E-state index contributed by atoms with van der Waals surface area (Å²) in [5.74, 6) is 0.532. The van der Waals surface area contributed by atoms with Crippen molar-refractivity contribution in [3.63, 3.8) is 0 Å². The summed E-state index contributed by atoms with van der Waals surface area (Å²) in [6.45, 7) is 1.03. The molecule has 2 rings (SSSR count). The second kappa shape index (κ2) is 5.55. The van der Waals surface area contributed by atoms with Gasteiger partial charge in [0.1, 0.15) is 11.6 Å². The van der Waals surface area contributed by atoms with Gasteiger partial charge in [0.2, 0.25) is 0 Å². The van der Waals surface area contributed by atoms with Crippen molar-refractivity contribution in [2.24, 2.45) is 5.73 Å². The molecule has 0 bridgehead atoms. The fourth-order valence-electron chi connectivity index (χ4n) is 1.60. The maximum atomic E-state index is 12.8. The number of nitrogens with zero attached hydrogens (tertiary/aromatic N) is 3. The van der Waals surface area contributed by atoms with Crippen LogP contribution in [0.1, 0.15) is 11.3 Å². The van der Waals surface area contributed by atoms with E-state index in [0.717, 1.165) is 17.1 Å². The van der Waals surface area contributed by atoms with E-state index >= 15 is 0 Å². The first kappa shape index (κ1) is 12.4. The SMILES string of the molecule is CN(Cc1ccc(F)cc1)c1cnc(CN)cn1. The van der Waals surface area contributed by atoms with Gasteiger partial charge < -0.3 is 10.6 Å². The van der Waals surface area contributed by atoms with Crippen LogP contribution in [0, 0.1) is 5.82 Å². The Bertz CT molecular complexity index is 495. The molecule has 2 N–H and O–H groups in total. The van der Waals surface area contributed by atoms with Gasteiger partial charge in [-0.1, -0.05) is 12.1 Å². The van der Waals surface area contributed by atoms with Crippen LogP contribution in [-0.2, 0) is 13.1 Å². The summed E-state index contributed by atoms with van der Waals surface area (Å²) in [7, 11) is 1.91. The average Bonchev–Trinajstić information content (AvgIpc) is 2.41. The van der Waals surface area contributed by atoms with Gasteiger partial charge in [-0.05, 0) is 17.7 Å². The summed E-state index contributed by atoms with van der Waals surface area (Å²) in [5.41, 5.74) is 7.24. The van der Waals surface area contributed by atoms with Crippen molar-refractivity contribution in [3.8, 4) is 0 Å². The number of aromatic nitrogens is 2. The van der Waals surface area contributed by atoms with Crippen LogP contribution in [0.25, 0.3) is 0 Å². The lowest BCUT2D eigenvalue weighted by Gasteiger charge is -2.17. The summed E-state index contributed by atoms with van der Waals surface area (Å²) in [5, 5.41) is 0. The largest absolute Gasteiger partial charge is 0.354 e. The van der Waals surface area contributed by atoms with Gasteiger partial charge in [-0.2, -0.15) is 0 Å². The van der Waals surface area contributed by atoms with Crippen LogP contribution >= 0.6 is 0 Å². The van der Waals surface area contributed by atoms with Crippen LogP contribution in [-0.4, -0.2) is 17.0 Å². The molecule has 0 fully saturated rings. The Labute approximate surface area is 105 Å². The molecule has 0 aliphatic rings. The first-order chi connectivity index (χ1) is 8.69. The molecule has 0 spiro atoms. The summed E-state index contributed by atoms with van der Waals surface area (Å²) >= 11 is 0. The lowest BCUT2D eigenvalue weighted by Crippen LogP contribution is -2.18. The van der Waals surface area contributed by atoms with E-state index in [-0.39, 0.29) is 5.82 Å². The van der Waals surface area contributed by atoms with Crippen molar-refractivity contribution >= 4 is 5.82 Å². The lowest BCUT2D eigenvalue weighted by molar-refractivity contribution is 0.627. The van der Waals surface area contributed by atoms with Crippen molar-refractivity contribution in [2.75, 3.05) is 11.9 Å². The van der Waals surface area contributed by atoms with Gasteiger partial charge in [-0.25, -0.2) is 9.37 Å². The quantitative estimate of drug-likeness (QED) is 0.892. The molecule has 5 heteroatoms. The van der Waals surface area contributed by atoms with Gasteiger partial charge in [-0.15, -0.1) is 0 Å². The Morgan fingerprint density at radius 2 is 1.89 bits per heavy atom. The Morgan fingerprint density at radius 1 is 1.17 bits per heavy atom. The molecular weight excluding hydrogens is 231 g/mol. The molecule has 94 valence electrons. The van der Waals surface area contributed by atoms with E-state index in [4.69, 9.17) is 5.73 Å². The number of nitrogens with two attached hydrogens (primary N) is 1. The second-order valence-electron chi connectivity index (χ2n) is 4.05. The normalized spacial score (nSPS) is 10.4. The van der Waals surface area contributed by atoms with Crippen LogP contribution in [0.5, 0.6) is 0 Å². The molecule has 1 aromatic carbocycles.